The molecule has 158 valence electrons. The van der Waals surface area contributed by atoms with Gasteiger partial charge in [-0.3, -0.25) is 14.4 Å². The average Bonchev–Trinajstić information content (AvgIpc) is 2.73. The van der Waals surface area contributed by atoms with Crippen molar-refractivity contribution in [1.29, 1.82) is 0 Å². The topological polar surface area (TPSA) is 104 Å². The number of amides is 2. The Morgan fingerprint density at radius 3 is 2.81 bits per heavy atom. The van der Waals surface area contributed by atoms with Gasteiger partial charge in [0.2, 0.25) is 11.8 Å². The van der Waals surface area contributed by atoms with Gasteiger partial charge in [-0.25, -0.2) is 4.98 Å². The predicted molar refractivity (Wildman–Crippen MR) is 122 cm³/mol. The Bertz CT molecular complexity index is 1230. The van der Waals surface area contributed by atoms with Crippen molar-refractivity contribution in [3.05, 3.63) is 80.6 Å². The van der Waals surface area contributed by atoms with Gasteiger partial charge in [0.25, 0.3) is 5.56 Å². The summed E-state index contributed by atoms with van der Waals surface area (Å²) in [6.07, 6.45) is -0.149. The zero-order valence-electron chi connectivity index (χ0n) is 16.6. The Kier molecular flexibility index (Phi) is 6.11. The molecule has 1 aromatic heterocycles. The molecule has 2 amide bonds. The highest BCUT2D eigenvalue weighted by atomic mass is 35.5. The lowest BCUT2D eigenvalue weighted by Crippen LogP contribution is -2.36. The van der Waals surface area contributed by atoms with E-state index < -0.39 is 17.4 Å². The van der Waals surface area contributed by atoms with Gasteiger partial charge in [0.1, 0.15) is 5.82 Å². The van der Waals surface area contributed by atoms with Crippen LogP contribution < -0.4 is 16.2 Å². The van der Waals surface area contributed by atoms with Crippen LogP contribution in [0, 0.1) is 6.92 Å². The summed E-state index contributed by atoms with van der Waals surface area (Å²) in [5.74, 6) is -1.11. The van der Waals surface area contributed by atoms with Crippen molar-refractivity contribution in [3.63, 3.8) is 0 Å². The Hall–Kier alpha value is -3.10. The SMILES string of the molecule is Cc1cccc(CSc2nc3c(c(=O)[nH]2)[C@@H](C(=O)Nc2ccccc2Cl)CC(=O)N3)c1. The molecule has 0 radical (unpaired) electrons. The van der Waals surface area contributed by atoms with E-state index in [-0.39, 0.29) is 23.7 Å². The van der Waals surface area contributed by atoms with Crippen molar-refractivity contribution in [3.8, 4) is 0 Å². The van der Waals surface area contributed by atoms with Crippen LogP contribution in [0.15, 0.2) is 58.5 Å². The van der Waals surface area contributed by atoms with Gasteiger partial charge in [-0.1, -0.05) is 65.3 Å². The molecule has 0 fully saturated rings. The van der Waals surface area contributed by atoms with Crippen molar-refractivity contribution in [1.82, 2.24) is 9.97 Å². The van der Waals surface area contributed by atoms with E-state index in [4.69, 9.17) is 11.6 Å². The van der Waals surface area contributed by atoms with Crippen LogP contribution in [0.25, 0.3) is 0 Å². The third-order valence-electron chi connectivity index (χ3n) is 4.84. The second-order valence-electron chi connectivity index (χ2n) is 7.19. The summed E-state index contributed by atoms with van der Waals surface area (Å²) < 4.78 is 0. The number of thioether (sulfide) groups is 1. The molecule has 2 aromatic carbocycles. The van der Waals surface area contributed by atoms with E-state index in [1.807, 2.05) is 25.1 Å². The average molecular weight is 455 g/mol. The number of hydrogen-bond donors (Lipinski definition) is 3. The van der Waals surface area contributed by atoms with E-state index in [0.29, 0.717) is 21.6 Å². The van der Waals surface area contributed by atoms with Crippen molar-refractivity contribution in [2.45, 2.75) is 30.2 Å². The first-order chi connectivity index (χ1) is 14.9. The van der Waals surface area contributed by atoms with E-state index in [9.17, 15) is 14.4 Å². The third-order valence-corrected chi connectivity index (χ3v) is 6.11. The van der Waals surface area contributed by atoms with Gasteiger partial charge in [-0.15, -0.1) is 0 Å². The molecular weight excluding hydrogens is 436 g/mol. The van der Waals surface area contributed by atoms with Crippen LogP contribution in [0.2, 0.25) is 5.02 Å². The molecule has 7 nitrogen and oxygen atoms in total. The molecule has 31 heavy (non-hydrogen) atoms. The maximum absolute atomic E-state index is 12.9. The highest BCUT2D eigenvalue weighted by Crippen LogP contribution is 2.32. The highest BCUT2D eigenvalue weighted by molar-refractivity contribution is 7.98. The molecule has 3 N–H and O–H groups in total. The molecule has 9 heteroatoms. The molecule has 0 spiro atoms. The molecule has 0 saturated carbocycles. The molecule has 4 rings (SSSR count). The maximum atomic E-state index is 12.9. The number of para-hydroxylation sites is 1. The fraction of sp³-hybridized carbons (Fsp3) is 0.182. The zero-order chi connectivity index (χ0) is 22.0. The van der Waals surface area contributed by atoms with Gasteiger partial charge in [-0.2, -0.15) is 0 Å². The molecule has 0 saturated heterocycles. The number of nitrogens with zero attached hydrogens (tertiary/aromatic N) is 1. The summed E-state index contributed by atoms with van der Waals surface area (Å²) in [6.45, 7) is 2.01. The van der Waals surface area contributed by atoms with Crippen LogP contribution in [0.3, 0.4) is 0 Å². The number of halogens is 1. The Balaban J connectivity index is 1.58. The largest absolute Gasteiger partial charge is 0.324 e. The van der Waals surface area contributed by atoms with E-state index in [0.717, 1.165) is 11.1 Å². The summed E-state index contributed by atoms with van der Waals surface area (Å²) in [5.41, 5.74) is 2.34. The van der Waals surface area contributed by atoms with E-state index in [1.54, 1.807) is 24.3 Å². The van der Waals surface area contributed by atoms with E-state index >= 15 is 0 Å². The van der Waals surface area contributed by atoms with Crippen LogP contribution in [-0.4, -0.2) is 21.8 Å². The third kappa shape index (κ3) is 4.81. The minimum atomic E-state index is -0.966. The first-order valence-corrected chi connectivity index (χ1v) is 10.9. The van der Waals surface area contributed by atoms with Gasteiger partial charge in [0.05, 0.1) is 22.2 Å². The van der Waals surface area contributed by atoms with Crippen LogP contribution in [0.1, 0.15) is 29.0 Å². The first-order valence-electron chi connectivity index (χ1n) is 9.58. The summed E-state index contributed by atoms with van der Waals surface area (Å²) in [4.78, 5) is 45.0. The Labute approximate surface area is 187 Å². The van der Waals surface area contributed by atoms with Crippen LogP contribution in [0.5, 0.6) is 0 Å². The Morgan fingerprint density at radius 2 is 2.03 bits per heavy atom. The molecule has 2 heterocycles. The van der Waals surface area contributed by atoms with Crippen LogP contribution >= 0.6 is 23.4 Å². The van der Waals surface area contributed by atoms with Crippen molar-refractivity contribution in [2.24, 2.45) is 0 Å². The van der Waals surface area contributed by atoms with Gasteiger partial charge >= 0.3 is 0 Å². The molecule has 0 bridgehead atoms. The number of nitrogens with one attached hydrogen (secondary N) is 3. The summed E-state index contributed by atoms with van der Waals surface area (Å²) >= 11 is 7.45. The van der Waals surface area contributed by atoms with Crippen molar-refractivity contribution < 1.29 is 9.59 Å². The Morgan fingerprint density at radius 1 is 1.23 bits per heavy atom. The smallest absolute Gasteiger partial charge is 0.257 e. The van der Waals surface area contributed by atoms with Gasteiger partial charge in [0, 0.05) is 12.2 Å². The number of rotatable bonds is 5. The summed E-state index contributed by atoms with van der Waals surface area (Å²) in [7, 11) is 0. The highest BCUT2D eigenvalue weighted by Gasteiger charge is 2.35. The molecular formula is C22H19ClN4O3S. The second kappa shape index (κ2) is 8.95. The summed E-state index contributed by atoms with van der Waals surface area (Å²) in [6, 6.07) is 14.8. The maximum Gasteiger partial charge on any atom is 0.257 e. The fourth-order valence-electron chi connectivity index (χ4n) is 3.38. The molecule has 0 aliphatic carbocycles. The number of carbonyl (C=O) groups excluding carboxylic acids is 2. The number of benzene rings is 2. The van der Waals surface area contributed by atoms with Gasteiger partial charge in [-0.05, 0) is 24.6 Å². The van der Waals surface area contributed by atoms with Crippen LogP contribution in [-0.2, 0) is 15.3 Å². The van der Waals surface area contributed by atoms with Crippen molar-refractivity contribution >= 4 is 46.7 Å². The second-order valence-corrected chi connectivity index (χ2v) is 8.56. The minimum absolute atomic E-state index is 0.117. The van der Waals surface area contributed by atoms with Crippen LogP contribution in [0.4, 0.5) is 11.5 Å². The standard InChI is InChI=1S/C22H19ClN4O3S/c1-12-5-4-6-13(9-12)11-31-22-26-19-18(21(30)27-22)14(10-17(28)25-19)20(29)24-16-8-3-2-7-15(16)23/h2-9,14H,10-11H2,1H3,(H,24,29)(H2,25,26,27,28,30)/t14-/m0/s1. The fourth-order valence-corrected chi connectivity index (χ4v) is 4.37. The molecule has 1 atom stereocenters. The normalized spacial score (nSPS) is 15.2. The van der Waals surface area contributed by atoms with E-state index in [2.05, 4.69) is 26.7 Å². The number of hydrogen-bond acceptors (Lipinski definition) is 5. The molecule has 0 unspecified atom stereocenters. The van der Waals surface area contributed by atoms with Gasteiger partial charge in [0.15, 0.2) is 5.16 Å². The summed E-state index contributed by atoms with van der Waals surface area (Å²) in [5, 5.41) is 6.06. The number of aromatic amines is 1. The molecule has 1 aliphatic heterocycles. The number of fused-ring (bicyclic) bond motifs is 1. The lowest BCUT2D eigenvalue weighted by Gasteiger charge is -2.23. The number of carbonyl (C=O) groups is 2. The number of H-pyrrole nitrogens is 1. The van der Waals surface area contributed by atoms with Crippen molar-refractivity contribution in [2.75, 3.05) is 10.6 Å². The quantitative estimate of drug-likeness (QED) is 0.398. The number of anilines is 2. The predicted octanol–water partition coefficient (Wildman–Crippen LogP) is 4.09. The van der Waals surface area contributed by atoms with E-state index in [1.165, 1.54) is 11.8 Å². The first kappa shape index (κ1) is 21.1. The number of aromatic nitrogens is 2. The molecule has 1 aliphatic rings. The lowest BCUT2D eigenvalue weighted by molar-refractivity contribution is -0.123. The molecule has 3 aromatic rings. The lowest BCUT2D eigenvalue weighted by atomic mass is 9.92. The number of aryl methyl sites for hydroxylation is 1. The van der Waals surface area contributed by atoms with Gasteiger partial charge < -0.3 is 15.6 Å². The zero-order valence-corrected chi connectivity index (χ0v) is 18.1. The minimum Gasteiger partial charge on any atom is -0.324 e. The monoisotopic (exact) mass is 454 g/mol.